The van der Waals surface area contributed by atoms with Crippen LogP contribution in [0.1, 0.15) is 21.5 Å². The molecule has 0 atom stereocenters. The number of carbonyl (C=O) groups excluding carboxylic acids is 2. The van der Waals surface area contributed by atoms with E-state index in [0.717, 1.165) is 5.56 Å². The quantitative estimate of drug-likeness (QED) is 0.825. The smallest absolute Gasteiger partial charge is 0.228 e. The molecule has 0 spiro atoms. The van der Waals surface area contributed by atoms with Crippen molar-refractivity contribution in [2.45, 2.75) is 6.42 Å². The summed E-state index contributed by atoms with van der Waals surface area (Å²) in [5.74, 6) is -0.374. The first kappa shape index (κ1) is 14.4. The van der Waals surface area contributed by atoms with Crippen LogP contribution in [0.4, 0.5) is 5.69 Å². The van der Waals surface area contributed by atoms with Gasteiger partial charge < -0.3 is 5.32 Å². The summed E-state index contributed by atoms with van der Waals surface area (Å²) in [4.78, 5) is 23.9. The SMILES string of the molecule is O=C1Cc2cc(C(=O)c3ccc(Cl)c(Cl)c3)c(Cl)cc2N1. The Bertz CT molecular complexity index is 787. The van der Waals surface area contributed by atoms with Crippen LogP contribution >= 0.6 is 34.8 Å². The molecular formula is C15H8Cl3NO2. The van der Waals surface area contributed by atoms with Gasteiger partial charge in [0.1, 0.15) is 0 Å². The third-order valence-electron chi connectivity index (χ3n) is 3.24. The van der Waals surface area contributed by atoms with Gasteiger partial charge in [0.15, 0.2) is 5.78 Å². The Balaban J connectivity index is 2.04. The predicted octanol–water partition coefficient (Wildman–Crippen LogP) is 4.37. The van der Waals surface area contributed by atoms with Crippen LogP contribution in [0.2, 0.25) is 15.1 Å². The van der Waals surface area contributed by atoms with Crippen LogP contribution in [-0.2, 0) is 11.2 Å². The Morgan fingerprint density at radius 3 is 2.48 bits per heavy atom. The highest BCUT2D eigenvalue weighted by atomic mass is 35.5. The molecule has 106 valence electrons. The van der Waals surface area contributed by atoms with Gasteiger partial charge in [-0.05, 0) is 35.9 Å². The second-order valence-corrected chi connectivity index (χ2v) is 5.89. The molecule has 3 rings (SSSR count). The van der Waals surface area contributed by atoms with Crippen molar-refractivity contribution >= 4 is 52.2 Å². The van der Waals surface area contributed by atoms with E-state index in [1.807, 2.05) is 0 Å². The van der Waals surface area contributed by atoms with Crippen LogP contribution in [0.3, 0.4) is 0 Å². The lowest BCUT2D eigenvalue weighted by Gasteiger charge is -2.07. The molecule has 0 saturated carbocycles. The Kier molecular flexibility index (Phi) is 3.66. The summed E-state index contributed by atoms with van der Waals surface area (Å²) in [6.07, 6.45) is 0.244. The van der Waals surface area contributed by atoms with Gasteiger partial charge in [-0.3, -0.25) is 9.59 Å². The van der Waals surface area contributed by atoms with Gasteiger partial charge in [-0.25, -0.2) is 0 Å². The van der Waals surface area contributed by atoms with Crippen LogP contribution in [-0.4, -0.2) is 11.7 Å². The molecule has 6 heteroatoms. The molecule has 0 aliphatic carbocycles. The predicted molar refractivity (Wildman–Crippen MR) is 83.7 cm³/mol. The maximum absolute atomic E-state index is 12.5. The first-order valence-electron chi connectivity index (χ1n) is 6.08. The number of halogens is 3. The highest BCUT2D eigenvalue weighted by molar-refractivity contribution is 6.42. The van der Waals surface area contributed by atoms with E-state index in [-0.39, 0.29) is 23.1 Å². The van der Waals surface area contributed by atoms with E-state index in [1.165, 1.54) is 6.07 Å². The fraction of sp³-hybridized carbons (Fsp3) is 0.0667. The first-order chi connectivity index (χ1) is 9.95. The van der Waals surface area contributed by atoms with Crippen molar-refractivity contribution < 1.29 is 9.59 Å². The lowest BCUT2D eigenvalue weighted by molar-refractivity contribution is -0.115. The van der Waals surface area contributed by atoms with E-state index >= 15 is 0 Å². The zero-order valence-corrected chi connectivity index (χ0v) is 12.8. The Labute approximate surface area is 135 Å². The summed E-state index contributed by atoms with van der Waals surface area (Å²) in [6.45, 7) is 0. The number of fused-ring (bicyclic) bond motifs is 1. The number of ketones is 1. The van der Waals surface area contributed by atoms with Crippen molar-refractivity contribution in [3.05, 3.63) is 62.1 Å². The van der Waals surface area contributed by atoms with E-state index in [4.69, 9.17) is 34.8 Å². The number of carbonyl (C=O) groups is 2. The average Bonchev–Trinajstić information content (AvgIpc) is 2.79. The summed E-state index contributed by atoms with van der Waals surface area (Å²) in [6, 6.07) is 7.87. The number of hydrogen-bond donors (Lipinski definition) is 1. The van der Waals surface area contributed by atoms with Crippen LogP contribution in [0.5, 0.6) is 0 Å². The minimum Gasteiger partial charge on any atom is -0.325 e. The number of anilines is 1. The number of benzene rings is 2. The molecule has 2 aromatic carbocycles. The molecule has 2 aromatic rings. The fourth-order valence-electron chi connectivity index (χ4n) is 2.21. The van der Waals surface area contributed by atoms with Crippen LogP contribution < -0.4 is 5.32 Å². The van der Waals surface area contributed by atoms with E-state index < -0.39 is 0 Å². The maximum atomic E-state index is 12.5. The van der Waals surface area contributed by atoms with Gasteiger partial charge in [-0.2, -0.15) is 0 Å². The molecule has 1 aliphatic heterocycles. The van der Waals surface area contributed by atoms with Crippen molar-refractivity contribution in [1.29, 1.82) is 0 Å². The molecule has 1 N–H and O–H groups in total. The minimum absolute atomic E-state index is 0.111. The van der Waals surface area contributed by atoms with E-state index in [1.54, 1.807) is 24.3 Å². The van der Waals surface area contributed by atoms with Crippen molar-refractivity contribution in [3.8, 4) is 0 Å². The van der Waals surface area contributed by atoms with E-state index in [0.29, 0.717) is 26.9 Å². The summed E-state index contributed by atoms with van der Waals surface area (Å²) >= 11 is 17.9. The third kappa shape index (κ3) is 2.64. The highest BCUT2D eigenvalue weighted by Crippen LogP contribution is 2.32. The van der Waals surface area contributed by atoms with Gasteiger partial charge in [-0.15, -0.1) is 0 Å². The number of amides is 1. The zero-order valence-electron chi connectivity index (χ0n) is 10.5. The van der Waals surface area contributed by atoms with Gasteiger partial charge in [0.25, 0.3) is 0 Å². The number of nitrogens with one attached hydrogen (secondary N) is 1. The molecule has 0 unspecified atom stereocenters. The molecule has 1 aliphatic rings. The molecule has 21 heavy (non-hydrogen) atoms. The zero-order chi connectivity index (χ0) is 15.1. The summed E-state index contributed by atoms with van der Waals surface area (Å²) in [5.41, 5.74) is 2.14. The van der Waals surface area contributed by atoms with Crippen molar-refractivity contribution in [1.82, 2.24) is 0 Å². The van der Waals surface area contributed by atoms with Gasteiger partial charge in [0, 0.05) is 16.8 Å². The normalized spacial score (nSPS) is 13.0. The minimum atomic E-state index is -0.263. The largest absolute Gasteiger partial charge is 0.325 e. The monoisotopic (exact) mass is 339 g/mol. The molecule has 0 radical (unpaired) electrons. The number of rotatable bonds is 2. The molecule has 3 nitrogen and oxygen atoms in total. The summed E-state index contributed by atoms with van der Waals surface area (Å²) in [5, 5.41) is 3.65. The lowest BCUT2D eigenvalue weighted by Crippen LogP contribution is -2.03. The second kappa shape index (κ2) is 5.34. The van der Waals surface area contributed by atoms with Gasteiger partial charge in [0.05, 0.1) is 21.5 Å². The van der Waals surface area contributed by atoms with Crippen LogP contribution in [0.15, 0.2) is 30.3 Å². The highest BCUT2D eigenvalue weighted by Gasteiger charge is 2.22. The third-order valence-corrected chi connectivity index (χ3v) is 4.30. The van der Waals surface area contributed by atoms with Crippen molar-refractivity contribution in [2.24, 2.45) is 0 Å². The molecule has 1 amide bonds. The Hall–Kier alpha value is -1.55. The van der Waals surface area contributed by atoms with Crippen molar-refractivity contribution in [3.63, 3.8) is 0 Å². The summed E-state index contributed by atoms with van der Waals surface area (Å²) < 4.78 is 0. The second-order valence-electron chi connectivity index (χ2n) is 4.67. The van der Waals surface area contributed by atoms with Crippen molar-refractivity contribution in [2.75, 3.05) is 5.32 Å². The topological polar surface area (TPSA) is 46.2 Å². The molecule has 0 aromatic heterocycles. The number of hydrogen-bond acceptors (Lipinski definition) is 2. The Morgan fingerprint density at radius 2 is 1.76 bits per heavy atom. The standard InChI is InChI=1S/C15H8Cl3NO2/c16-10-2-1-7(4-12(10)18)15(21)9-3-8-5-14(20)19-13(8)6-11(9)17/h1-4,6H,5H2,(H,19,20). The molecule has 0 fully saturated rings. The van der Waals surface area contributed by atoms with Crippen LogP contribution in [0.25, 0.3) is 0 Å². The molecular weight excluding hydrogens is 333 g/mol. The van der Waals surface area contributed by atoms with Gasteiger partial charge in [-0.1, -0.05) is 34.8 Å². The van der Waals surface area contributed by atoms with E-state index in [9.17, 15) is 9.59 Å². The Morgan fingerprint density at radius 1 is 1.00 bits per heavy atom. The van der Waals surface area contributed by atoms with Gasteiger partial charge in [0.2, 0.25) is 5.91 Å². The first-order valence-corrected chi connectivity index (χ1v) is 7.21. The maximum Gasteiger partial charge on any atom is 0.228 e. The molecule has 1 heterocycles. The van der Waals surface area contributed by atoms with Gasteiger partial charge >= 0.3 is 0 Å². The average molecular weight is 341 g/mol. The summed E-state index contributed by atoms with van der Waals surface area (Å²) in [7, 11) is 0. The van der Waals surface area contributed by atoms with Crippen LogP contribution in [0, 0.1) is 0 Å². The lowest BCUT2D eigenvalue weighted by atomic mass is 10.00. The van der Waals surface area contributed by atoms with E-state index in [2.05, 4.69) is 5.32 Å². The molecule has 0 bridgehead atoms. The fourth-order valence-corrected chi connectivity index (χ4v) is 2.76. The molecule has 0 saturated heterocycles.